The average Bonchev–Trinajstić information content (AvgIpc) is 2.01. The highest BCUT2D eigenvalue weighted by Gasteiger charge is 2.04. The summed E-state index contributed by atoms with van der Waals surface area (Å²) >= 11 is 0. The number of H-pyrrole nitrogens is 1. The number of carboxylic acids is 1. The van der Waals surface area contributed by atoms with Crippen LogP contribution in [0.2, 0.25) is 0 Å². The van der Waals surface area contributed by atoms with Gasteiger partial charge in [0.15, 0.2) is 0 Å². The number of aliphatic carboxylic acids is 1. The van der Waals surface area contributed by atoms with Gasteiger partial charge in [-0.05, 0) is 0 Å². The molecule has 0 amide bonds. The lowest BCUT2D eigenvalue weighted by Crippen LogP contribution is -2.14. The molecule has 1 rings (SSSR count). The van der Waals surface area contributed by atoms with Crippen molar-refractivity contribution in [1.29, 1.82) is 0 Å². The number of rotatable bonds is 3. The monoisotopic (exact) mass is 182 g/mol. The predicted molar refractivity (Wildman–Crippen MR) is 45.6 cm³/mol. The van der Waals surface area contributed by atoms with Crippen LogP contribution in [0.4, 0.5) is 0 Å². The van der Waals surface area contributed by atoms with Gasteiger partial charge in [-0.15, -0.1) is 0 Å². The summed E-state index contributed by atoms with van der Waals surface area (Å²) in [5, 5.41) is 8.47. The van der Waals surface area contributed by atoms with Gasteiger partial charge in [-0.1, -0.05) is 6.92 Å². The van der Waals surface area contributed by atoms with Crippen molar-refractivity contribution in [2.45, 2.75) is 19.8 Å². The van der Waals surface area contributed by atoms with Crippen LogP contribution in [0.5, 0.6) is 0 Å². The number of aromatic amines is 1. The number of hydrogen-bond acceptors (Lipinski definition) is 3. The van der Waals surface area contributed by atoms with E-state index in [0.717, 1.165) is 0 Å². The molecule has 0 saturated carbocycles. The summed E-state index contributed by atoms with van der Waals surface area (Å²) in [5.41, 5.74) is -0.00352. The Morgan fingerprint density at radius 1 is 1.69 bits per heavy atom. The number of nitrogens with zero attached hydrogens (tertiary/aromatic N) is 1. The second-order valence-electron chi connectivity index (χ2n) is 2.61. The Balaban J connectivity index is 3.01. The molecule has 0 spiro atoms. The van der Waals surface area contributed by atoms with Crippen molar-refractivity contribution in [1.82, 2.24) is 9.97 Å². The minimum absolute atomic E-state index is 0.211. The maximum atomic E-state index is 11.0. The fraction of sp³-hybridized carbons (Fsp3) is 0.375. The lowest BCUT2D eigenvalue weighted by atomic mass is 10.3. The van der Waals surface area contributed by atoms with Gasteiger partial charge in [0.05, 0.1) is 12.1 Å². The molecule has 1 aromatic heterocycles. The van der Waals surface area contributed by atoms with Gasteiger partial charge in [-0.2, -0.15) is 0 Å². The van der Waals surface area contributed by atoms with Crippen LogP contribution in [0, 0.1) is 0 Å². The first-order chi connectivity index (χ1) is 6.11. The van der Waals surface area contributed by atoms with Crippen LogP contribution in [-0.2, 0) is 17.6 Å². The van der Waals surface area contributed by atoms with Crippen molar-refractivity contribution >= 4 is 5.97 Å². The lowest BCUT2D eigenvalue weighted by molar-refractivity contribution is -0.136. The Hall–Kier alpha value is -1.65. The molecule has 2 N–H and O–H groups in total. The molecule has 0 fully saturated rings. The number of nitrogens with one attached hydrogen (secondary N) is 1. The molecule has 1 heterocycles. The average molecular weight is 182 g/mol. The Kier molecular flexibility index (Phi) is 2.79. The number of carbonyl (C=O) groups is 1. The Morgan fingerprint density at radius 3 is 2.92 bits per heavy atom. The van der Waals surface area contributed by atoms with E-state index in [1.54, 1.807) is 0 Å². The third-order valence-corrected chi connectivity index (χ3v) is 1.51. The smallest absolute Gasteiger partial charge is 0.309 e. The Morgan fingerprint density at radius 2 is 2.38 bits per heavy atom. The summed E-state index contributed by atoms with van der Waals surface area (Å²) < 4.78 is 0. The first kappa shape index (κ1) is 9.44. The largest absolute Gasteiger partial charge is 0.481 e. The van der Waals surface area contributed by atoms with Gasteiger partial charge in [0.25, 0.3) is 5.56 Å². The van der Waals surface area contributed by atoms with E-state index in [1.807, 2.05) is 6.92 Å². The second-order valence-corrected chi connectivity index (χ2v) is 2.61. The molecule has 0 aliphatic heterocycles. The quantitative estimate of drug-likeness (QED) is 0.687. The fourth-order valence-corrected chi connectivity index (χ4v) is 0.976. The van der Waals surface area contributed by atoms with E-state index in [9.17, 15) is 9.59 Å². The van der Waals surface area contributed by atoms with Crippen molar-refractivity contribution in [2.75, 3.05) is 0 Å². The third-order valence-electron chi connectivity index (χ3n) is 1.51. The highest BCUT2D eigenvalue weighted by molar-refractivity contribution is 5.69. The van der Waals surface area contributed by atoms with E-state index in [0.29, 0.717) is 17.9 Å². The van der Waals surface area contributed by atoms with E-state index in [4.69, 9.17) is 5.11 Å². The molecule has 70 valence electrons. The summed E-state index contributed by atoms with van der Waals surface area (Å²) in [6.07, 6.45) is 0.375. The van der Waals surface area contributed by atoms with E-state index in [2.05, 4.69) is 9.97 Å². The van der Waals surface area contributed by atoms with Crippen molar-refractivity contribution in [3.63, 3.8) is 0 Å². The third kappa shape index (κ3) is 2.70. The molecule has 5 heteroatoms. The zero-order valence-electron chi connectivity index (χ0n) is 7.20. The van der Waals surface area contributed by atoms with E-state index in [1.165, 1.54) is 6.07 Å². The minimum Gasteiger partial charge on any atom is -0.481 e. The molecular formula is C8H10N2O3. The predicted octanol–water partition coefficient (Wildman–Crippen LogP) is -0.0406. The maximum absolute atomic E-state index is 11.0. The normalized spacial score (nSPS) is 9.92. The first-order valence-electron chi connectivity index (χ1n) is 3.92. The lowest BCUT2D eigenvalue weighted by Gasteiger charge is -1.98. The summed E-state index contributed by atoms with van der Waals surface area (Å²) in [6.45, 7) is 1.84. The molecule has 5 nitrogen and oxygen atoms in total. The van der Waals surface area contributed by atoms with Gasteiger partial charge < -0.3 is 10.1 Å². The molecule has 13 heavy (non-hydrogen) atoms. The van der Waals surface area contributed by atoms with Crippen LogP contribution in [-0.4, -0.2) is 21.0 Å². The zero-order chi connectivity index (χ0) is 9.84. The number of aryl methyl sites for hydroxylation is 1. The van der Waals surface area contributed by atoms with Crippen LogP contribution in [0.3, 0.4) is 0 Å². The summed E-state index contributed by atoms with van der Waals surface area (Å²) in [4.78, 5) is 27.8. The van der Waals surface area contributed by atoms with Crippen LogP contribution >= 0.6 is 0 Å². The van der Waals surface area contributed by atoms with Gasteiger partial charge in [0.2, 0.25) is 0 Å². The highest BCUT2D eigenvalue weighted by Crippen LogP contribution is 1.94. The van der Waals surface area contributed by atoms with E-state index >= 15 is 0 Å². The molecule has 0 atom stereocenters. The molecular weight excluding hydrogens is 172 g/mol. The van der Waals surface area contributed by atoms with Crippen molar-refractivity contribution in [2.24, 2.45) is 0 Å². The van der Waals surface area contributed by atoms with Crippen LogP contribution in [0.1, 0.15) is 18.4 Å². The summed E-state index contributed by atoms with van der Waals surface area (Å²) in [6, 6.07) is 1.20. The number of hydrogen-bond donors (Lipinski definition) is 2. The van der Waals surface area contributed by atoms with Gasteiger partial charge >= 0.3 is 5.97 Å². The molecule has 0 aliphatic rings. The van der Waals surface area contributed by atoms with Crippen molar-refractivity contribution in [3.8, 4) is 0 Å². The van der Waals surface area contributed by atoms with Gasteiger partial charge in [-0.3, -0.25) is 9.59 Å². The number of aromatic nitrogens is 2. The van der Waals surface area contributed by atoms with Crippen molar-refractivity contribution in [3.05, 3.63) is 27.9 Å². The molecule has 1 aromatic rings. The van der Waals surface area contributed by atoms with E-state index in [-0.39, 0.29) is 12.0 Å². The SMILES string of the molecule is CCc1nc(CC(=O)O)cc(=O)[nH]1. The van der Waals surface area contributed by atoms with Gasteiger partial charge in [0, 0.05) is 12.5 Å². The van der Waals surface area contributed by atoms with Gasteiger partial charge in [0.1, 0.15) is 5.82 Å². The fourth-order valence-electron chi connectivity index (χ4n) is 0.976. The van der Waals surface area contributed by atoms with E-state index < -0.39 is 5.97 Å². The molecule has 0 aromatic carbocycles. The van der Waals surface area contributed by atoms with Crippen LogP contribution in [0.15, 0.2) is 10.9 Å². The Bertz CT molecular complexity index is 370. The molecule has 0 saturated heterocycles. The number of carboxylic acid groups (broad SMARTS) is 1. The molecule has 0 unspecified atom stereocenters. The topological polar surface area (TPSA) is 83.0 Å². The van der Waals surface area contributed by atoms with Crippen molar-refractivity contribution < 1.29 is 9.90 Å². The van der Waals surface area contributed by atoms with Crippen LogP contribution in [0.25, 0.3) is 0 Å². The highest BCUT2D eigenvalue weighted by atomic mass is 16.4. The summed E-state index contributed by atoms with van der Waals surface area (Å²) in [7, 11) is 0. The standard InChI is InChI=1S/C8H10N2O3/c1-2-6-9-5(4-8(12)13)3-7(11)10-6/h3H,2,4H2,1H3,(H,12,13)(H,9,10,11). The maximum Gasteiger partial charge on any atom is 0.309 e. The first-order valence-corrected chi connectivity index (χ1v) is 3.92. The molecule has 0 bridgehead atoms. The zero-order valence-corrected chi connectivity index (χ0v) is 7.20. The minimum atomic E-state index is -0.986. The second kappa shape index (κ2) is 3.84. The van der Waals surface area contributed by atoms with Gasteiger partial charge in [-0.25, -0.2) is 4.98 Å². The summed E-state index contributed by atoms with van der Waals surface area (Å²) in [5.74, 6) is -0.469. The van der Waals surface area contributed by atoms with Crippen LogP contribution < -0.4 is 5.56 Å². The molecule has 0 radical (unpaired) electrons. The Labute approximate surface area is 74.4 Å². The molecule has 0 aliphatic carbocycles.